The van der Waals surface area contributed by atoms with Crippen LogP contribution < -0.4 is 5.32 Å². The summed E-state index contributed by atoms with van der Waals surface area (Å²) in [6, 6.07) is 0. The number of nitrogens with zero attached hydrogens (tertiary/aromatic N) is 2. The summed E-state index contributed by atoms with van der Waals surface area (Å²) < 4.78 is 0. The van der Waals surface area contributed by atoms with Gasteiger partial charge in [0, 0.05) is 38.3 Å². The first-order valence-corrected chi connectivity index (χ1v) is 8.14. The second kappa shape index (κ2) is 6.02. The molecule has 0 aromatic carbocycles. The van der Waals surface area contributed by atoms with E-state index < -0.39 is 0 Å². The first-order valence-electron chi connectivity index (χ1n) is 8.14. The molecule has 2 saturated heterocycles. The van der Waals surface area contributed by atoms with Gasteiger partial charge in [-0.05, 0) is 46.6 Å². The highest BCUT2D eigenvalue weighted by molar-refractivity contribution is 5.83. The number of rotatable bonds is 2. The molecule has 1 unspecified atom stereocenters. The van der Waals surface area contributed by atoms with E-state index in [1.54, 1.807) is 0 Å². The zero-order valence-corrected chi connectivity index (χ0v) is 13.7. The van der Waals surface area contributed by atoms with E-state index in [0.29, 0.717) is 5.91 Å². The summed E-state index contributed by atoms with van der Waals surface area (Å²) in [6.07, 6.45) is 3.13. The monoisotopic (exact) mass is 281 g/mol. The summed E-state index contributed by atoms with van der Waals surface area (Å²) in [7, 11) is 0. The Morgan fingerprint density at radius 3 is 2.30 bits per heavy atom. The zero-order valence-electron chi connectivity index (χ0n) is 13.7. The number of carbonyl (C=O) groups excluding carboxylic acids is 1. The van der Waals surface area contributed by atoms with Crippen molar-refractivity contribution in [3.05, 3.63) is 0 Å². The summed E-state index contributed by atoms with van der Waals surface area (Å²) >= 11 is 0. The molecule has 2 rings (SSSR count). The van der Waals surface area contributed by atoms with Crippen molar-refractivity contribution in [3.63, 3.8) is 0 Å². The number of piperidine rings is 1. The molecule has 0 aromatic heterocycles. The molecule has 1 N–H and O–H groups in total. The average molecular weight is 281 g/mol. The summed E-state index contributed by atoms with van der Waals surface area (Å²) in [6.45, 7) is 14.6. The molecule has 1 amide bonds. The van der Waals surface area contributed by atoms with Crippen LogP contribution in [0.4, 0.5) is 0 Å². The maximum atomic E-state index is 12.9. The van der Waals surface area contributed by atoms with E-state index in [9.17, 15) is 4.79 Å². The van der Waals surface area contributed by atoms with Gasteiger partial charge in [0.05, 0.1) is 5.41 Å². The molecule has 4 nitrogen and oxygen atoms in total. The fourth-order valence-electron chi connectivity index (χ4n) is 3.52. The van der Waals surface area contributed by atoms with Crippen LogP contribution in [0.3, 0.4) is 0 Å². The molecule has 0 aliphatic carbocycles. The molecule has 2 fully saturated rings. The van der Waals surface area contributed by atoms with Gasteiger partial charge in [-0.25, -0.2) is 0 Å². The molecule has 4 heteroatoms. The Labute approximate surface area is 123 Å². The summed E-state index contributed by atoms with van der Waals surface area (Å²) in [4.78, 5) is 17.5. The van der Waals surface area contributed by atoms with Gasteiger partial charge in [0.2, 0.25) is 5.91 Å². The maximum absolute atomic E-state index is 12.9. The summed E-state index contributed by atoms with van der Waals surface area (Å²) in [5.74, 6) is 0.390. The minimum Gasteiger partial charge on any atom is -0.340 e. The van der Waals surface area contributed by atoms with Crippen molar-refractivity contribution in [3.8, 4) is 0 Å². The third kappa shape index (κ3) is 3.17. The molecule has 0 spiro atoms. The van der Waals surface area contributed by atoms with Gasteiger partial charge in [0.25, 0.3) is 0 Å². The molecule has 0 bridgehead atoms. The highest BCUT2D eigenvalue weighted by Crippen LogP contribution is 2.33. The summed E-state index contributed by atoms with van der Waals surface area (Å²) in [5.41, 5.74) is 0.0755. The van der Waals surface area contributed by atoms with Crippen LogP contribution in [0, 0.1) is 5.41 Å². The average Bonchev–Trinajstić information content (AvgIpc) is 2.46. The van der Waals surface area contributed by atoms with Gasteiger partial charge in [0.15, 0.2) is 0 Å². The third-order valence-corrected chi connectivity index (χ3v) is 5.12. The first kappa shape index (κ1) is 15.8. The van der Waals surface area contributed by atoms with E-state index in [4.69, 9.17) is 0 Å². The second-order valence-electron chi connectivity index (χ2n) is 7.36. The van der Waals surface area contributed by atoms with Crippen LogP contribution in [0.1, 0.15) is 47.0 Å². The number of piperazine rings is 1. The SMILES string of the molecule is CCC1(C(=O)N2CCN(C(C)(C)C)CC2)CCCNC1. The zero-order chi connectivity index (χ0) is 14.8. The fourth-order valence-corrected chi connectivity index (χ4v) is 3.52. The highest BCUT2D eigenvalue weighted by atomic mass is 16.2. The van der Waals surface area contributed by atoms with Crippen molar-refractivity contribution in [2.24, 2.45) is 5.41 Å². The van der Waals surface area contributed by atoms with E-state index in [-0.39, 0.29) is 11.0 Å². The van der Waals surface area contributed by atoms with Crippen molar-refractivity contribution in [2.45, 2.75) is 52.5 Å². The van der Waals surface area contributed by atoms with Crippen LogP contribution in [0.25, 0.3) is 0 Å². The van der Waals surface area contributed by atoms with Gasteiger partial charge in [-0.3, -0.25) is 9.69 Å². The van der Waals surface area contributed by atoms with Crippen LogP contribution in [-0.4, -0.2) is 60.5 Å². The van der Waals surface area contributed by atoms with E-state index in [2.05, 4.69) is 42.8 Å². The van der Waals surface area contributed by atoms with Crippen LogP contribution >= 0.6 is 0 Å². The number of hydrogen-bond acceptors (Lipinski definition) is 3. The Balaban J connectivity index is 1.97. The van der Waals surface area contributed by atoms with Gasteiger partial charge in [-0.15, -0.1) is 0 Å². The lowest BCUT2D eigenvalue weighted by Crippen LogP contribution is -2.59. The minimum atomic E-state index is -0.137. The van der Waals surface area contributed by atoms with E-state index >= 15 is 0 Å². The van der Waals surface area contributed by atoms with Gasteiger partial charge >= 0.3 is 0 Å². The molecule has 0 radical (unpaired) electrons. The molecule has 0 aromatic rings. The van der Waals surface area contributed by atoms with Gasteiger partial charge in [0.1, 0.15) is 0 Å². The Morgan fingerprint density at radius 1 is 1.20 bits per heavy atom. The Kier molecular flexibility index (Phi) is 4.75. The van der Waals surface area contributed by atoms with Crippen molar-refractivity contribution in [1.82, 2.24) is 15.1 Å². The lowest BCUT2D eigenvalue weighted by molar-refractivity contribution is -0.146. The lowest BCUT2D eigenvalue weighted by Gasteiger charge is -2.45. The van der Waals surface area contributed by atoms with Gasteiger partial charge < -0.3 is 10.2 Å². The van der Waals surface area contributed by atoms with Crippen molar-refractivity contribution in [2.75, 3.05) is 39.3 Å². The number of carbonyl (C=O) groups is 1. The molecule has 20 heavy (non-hydrogen) atoms. The third-order valence-electron chi connectivity index (χ3n) is 5.12. The van der Waals surface area contributed by atoms with Crippen LogP contribution in [-0.2, 0) is 4.79 Å². The largest absolute Gasteiger partial charge is 0.340 e. The Hall–Kier alpha value is -0.610. The predicted octanol–water partition coefficient (Wildman–Crippen LogP) is 1.71. The minimum absolute atomic E-state index is 0.137. The number of hydrogen-bond donors (Lipinski definition) is 1. The second-order valence-corrected chi connectivity index (χ2v) is 7.36. The van der Waals surface area contributed by atoms with Gasteiger partial charge in [-0.1, -0.05) is 6.92 Å². The normalized spacial score (nSPS) is 29.5. The van der Waals surface area contributed by atoms with Crippen molar-refractivity contribution >= 4 is 5.91 Å². The Morgan fingerprint density at radius 2 is 1.85 bits per heavy atom. The number of nitrogens with one attached hydrogen (secondary N) is 1. The quantitative estimate of drug-likeness (QED) is 0.837. The van der Waals surface area contributed by atoms with E-state index in [1.807, 2.05) is 0 Å². The molecule has 2 heterocycles. The highest BCUT2D eigenvalue weighted by Gasteiger charge is 2.41. The molecular weight excluding hydrogens is 250 g/mol. The molecule has 116 valence electrons. The number of amides is 1. The predicted molar refractivity (Wildman–Crippen MR) is 82.7 cm³/mol. The smallest absolute Gasteiger partial charge is 0.230 e. The van der Waals surface area contributed by atoms with Crippen molar-refractivity contribution < 1.29 is 4.79 Å². The van der Waals surface area contributed by atoms with E-state index in [0.717, 1.165) is 58.5 Å². The van der Waals surface area contributed by atoms with Crippen LogP contribution in [0.5, 0.6) is 0 Å². The molecule has 2 aliphatic heterocycles. The summed E-state index contributed by atoms with van der Waals surface area (Å²) in [5, 5.41) is 3.42. The van der Waals surface area contributed by atoms with E-state index in [1.165, 1.54) is 0 Å². The van der Waals surface area contributed by atoms with Crippen LogP contribution in [0.2, 0.25) is 0 Å². The fraction of sp³-hybridized carbons (Fsp3) is 0.938. The molecule has 0 saturated carbocycles. The first-order chi connectivity index (χ1) is 9.39. The lowest BCUT2D eigenvalue weighted by atomic mass is 9.77. The topological polar surface area (TPSA) is 35.6 Å². The maximum Gasteiger partial charge on any atom is 0.230 e. The Bertz CT molecular complexity index is 334. The standard InChI is InChI=1S/C16H31N3O/c1-5-16(7-6-8-17-13-16)14(20)18-9-11-19(12-10-18)15(2,3)4/h17H,5-13H2,1-4H3. The molecule has 1 atom stereocenters. The molecule has 2 aliphatic rings. The van der Waals surface area contributed by atoms with Gasteiger partial charge in [-0.2, -0.15) is 0 Å². The van der Waals surface area contributed by atoms with Crippen molar-refractivity contribution in [1.29, 1.82) is 0 Å². The molecular formula is C16H31N3O. The van der Waals surface area contributed by atoms with Crippen LogP contribution in [0.15, 0.2) is 0 Å².